The topological polar surface area (TPSA) is 43.6 Å². The molecule has 0 saturated heterocycles. The summed E-state index contributed by atoms with van der Waals surface area (Å²) in [6.07, 6.45) is 9.55. The van der Waals surface area contributed by atoms with E-state index in [1.807, 2.05) is 54.8 Å². The minimum Gasteiger partial charge on any atom is -0.267 e. The van der Waals surface area contributed by atoms with E-state index in [-0.39, 0.29) is 0 Å². The van der Waals surface area contributed by atoms with Crippen LogP contribution in [0.2, 0.25) is 0 Å². The van der Waals surface area contributed by atoms with Gasteiger partial charge in [0.05, 0.1) is 11.9 Å². The Morgan fingerprint density at radius 3 is 1.88 bits per heavy atom. The van der Waals surface area contributed by atoms with Gasteiger partial charge in [0.15, 0.2) is 0 Å². The van der Waals surface area contributed by atoms with Crippen molar-refractivity contribution in [1.29, 1.82) is 0 Å². The predicted molar refractivity (Wildman–Crippen MR) is 105 cm³/mol. The molecule has 3 heterocycles. The van der Waals surface area contributed by atoms with Crippen molar-refractivity contribution in [3.63, 3.8) is 0 Å². The van der Waals surface area contributed by atoms with Gasteiger partial charge in [-0.3, -0.25) is 14.6 Å². The Morgan fingerprint density at radius 1 is 0.615 bits per heavy atom. The van der Waals surface area contributed by atoms with Crippen LogP contribution < -0.4 is 0 Å². The van der Waals surface area contributed by atoms with E-state index in [0.717, 1.165) is 33.2 Å². The lowest BCUT2D eigenvalue weighted by Crippen LogP contribution is -1.96. The number of hydrogen-bond donors (Lipinski definition) is 0. The van der Waals surface area contributed by atoms with Gasteiger partial charge in [0.1, 0.15) is 0 Å². The second-order valence-electron chi connectivity index (χ2n) is 6.35. The molecule has 0 spiro atoms. The van der Waals surface area contributed by atoms with E-state index in [1.54, 1.807) is 0 Å². The average Bonchev–Trinajstić information content (AvgIpc) is 3.08. The van der Waals surface area contributed by atoms with Crippen molar-refractivity contribution in [2.45, 2.75) is 0 Å². The summed E-state index contributed by atoms with van der Waals surface area (Å²) >= 11 is 0. The highest BCUT2D eigenvalue weighted by atomic mass is 15.3. The molecule has 0 aliphatic rings. The van der Waals surface area contributed by atoms with Crippen LogP contribution in [-0.4, -0.2) is 19.7 Å². The summed E-state index contributed by atoms with van der Waals surface area (Å²) in [6, 6.07) is 16.6. The summed E-state index contributed by atoms with van der Waals surface area (Å²) in [5, 5.41) is 9.12. The number of nitrogens with zero attached hydrogens (tertiary/aromatic N) is 4. The van der Waals surface area contributed by atoms with Crippen LogP contribution in [0.1, 0.15) is 0 Å². The van der Waals surface area contributed by atoms with Crippen molar-refractivity contribution in [2.75, 3.05) is 0 Å². The molecule has 0 bridgehead atoms. The van der Waals surface area contributed by atoms with Gasteiger partial charge in [0.25, 0.3) is 0 Å². The van der Waals surface area contributed by atoms with Crippen LogP contribution in [0, 0.1) is 0 Å². The third-order valence-electron chi connectivity index (χ3n) is 4.82. The summed E-state index contributed by atoms with van der Waals surface area (Å²) in [5.74, 6) is 0. The maximum absolute atomic E-state index is 4.54. The summed E-state index contributed by atoms with van der Waals surface area (Å²) in [6.45, 7) is 0. The molecule has 2 aromatic carbocycles. The molecule has 3 aromatic heterocycles. The average molecular weight is 336 g/mol. The second kappa shape index (κ2) is 5.77. The van der Waals surface area contributed by atoms with E-state index in [0.29, 0.717) is 0 Å². The van der Waals surface area contributed by atoms with E-state index in [4.69, 9.17) is 0 Å². The number of aromatic nitrogens is 4. The molecular weight excluding hydrogens is 320 g/mol. The van der Waals surface area contributed by atoms with Gasteiger partial charge < -0.3 is 0 Å². The van der Waals surface area contributed by atoms with Gasteiger partial charge in [-0.15, -0.1) is 0 Å². The minimum atomic E-state index is 1.05. The number of pyridine rings is 2. The normalized spacial score (nSPS) is 11.3. The van der Waals surface area contributed by atoms with E-state index < -0.39 is 0 Å². The summed E-state index contributed by atoms with van der Waals surface area (Å²) in [7, 11) is 1.97. The summed E-state index contributed by atoms with van der Waals surface area (Å²) < 4.78 is 1.92. The molecule has 5 aromatic rings. The fraction of sp³-hybridized carbons (Fsp3) is 0.0455. The highest BCUT2D eigenvalue weighted by Gasteiger charge is 2.17. The first-order valence-corrected chi connectivity index (χ1v) is 8.51. The fourth-order valence-corrected chi connectivity index (χ4v) is 3.59. The zero-order valence-corrected chi connectivity index (χ0v) is 14.3. The van der Waals surface area contributed by atoms with Crippen LogP contribution >= 0.6 is 0 Å². The van der Waals surface area contributed by atoms with E-state index in [9.17, 15) is 0 Å². The van der Waals surface area contributed by atoms with Crippen LogP contribution in [0.25, 0.3) is 43.9 Å². The van der Waals surface area contributed by atoms with Crippen molar-refractivity contribution < 1.29 is 0 Å². The lowest BCUT2D eigenvalue weighted by Gasteiger charge is -2.11. The quantitative estimate of drug-likeness (QED) is 0.463. The maximum Gasteiger partial charge on any atom is 0.0779 e. The van der Waals surface area contributed by atoms with Gasteiger partial charge in [-0.25, -0.2) is 0 Å². The lowest BCUT2D eigenvalue weighted by atomic mass is 9.97. The number of fused-ring (bicyclic) bond motifs is 2. The Hall–Kier alpha value is -3.53. The predicted octanol–water partition coefficient (Wildman–Crippen LogP) is 4.85. The van der Waals surface area contributed by atoms with E-state index >= 15 is 0 Å². The molecule has 4 nitrogen and oxygen atoms in total. The molecule has 0 aliphatic heterocycles. The molecule has 0 fully saturated rings. The van der Waals surface area contributed by atoms with Crippen molar-refractivity contribution in [3.8, 4) is 22.4 Å². The Bertz CT molecular complexity index is 1240. The zero-order chi connectivity index (χ0) is 17.5. The van der Waals surface area contributed by atoms with Crippen molar-refractivity contribution >= 4 is 21.5 Å². The van der Waals surface area contributed by atoms with Gasteiger partial charge >= 0.3 is 0 Å². The Kier molecular flexibility index (Phi) is 3.28. The SMILES string of the molecule is Cn1ncc(-c2cncc3ccccc23)c1-c1cncc2ccccc12. The highest BCUT2D eigenvalue weighted by Crippen LogP contribution is 2.37. The molecule has 0 saturated carbocycles. The maximum atomic E-state index is 4.54. The Morgan fingerprint density at radius 2 is 1.19 bits per heavy atom. The van der Waals surface area contributed by atoms with Crippen LogP contribution in [0.4, 0.5) is 0 Å². The number of rotatable bonds is 2. The molecule has 0 aliphatic carbocycles. The third-order valence-corrected chi connectivity index (χ3v) is 4.82. The zero-order valence-electron chi connectivity index (χ0n) is 14.3. The Balaban J connectivity index is 1.84. The van der Waals surface area contributed by atoms with Gasteiger partial charge in [-0.1, -0.05) is 48.5 Å². The summed E-state index contributed by atoms with van der Waals surface area (Å²) in [5.41, 5.74) is 4.27. The molecule has 124 valence electrons. The first-order valence-electron chi connectivity index (χ1n) is 8.51. The molecule has 4 heteroatoms. The highest BCUT2D eigenvalue weighted by molar-refractivity contribution is 6.03. The van der Waals surface area contributed by atoms with Crippen molar-refractivity contribution in [3.05, 3.63) is 79.5 Å². The standard InChI is InChI=1S/C22H16N4/c1-26-22(20-13-24-11-16-7-3-5-9-18(16)20)21(14-25-26)19-12-23-10-15-6-2-4-8-17(15)19/h2-14H,1H3. The van der Waals surface area contributed by atoms with Gasteiger partial charge in [0, 0.05) is 59.3 Å². The first-order chi connectivity index (χ1) is 12.8. The molecule has 0 unspecified atom stereocenters. The second-order valence-corrected chi connectivity index (χ2v) is 6.35. The molecule has 0 radical (unpaired) electrons. The molecule has 0 amide bonds. The first kappa shape index (κ1) is 14.8. The molecule has 26 heavy (non-hydrogen) atoms. The van der Waals surface area contributed by atoms with Gasteiger partial charge in [-0.2, -0.15) is 5.10 Å². The van der Waals surface area contributed by atoms with Crippen molar-refractivity contribution in [1.82, 2.24) is 19.7 Å². The van der Waals surface area contributed by atoms with Crippen LogP contribution in [0.3, 0.4) is 0 Å². The lowest BCUT2D eigenvalue weighted by molar-refractivity contribution is 0.776. The Labute approximate surface area is 150 Å². The van der Waals surface area contributed by atoms with Crippen LogP contribution in [-0.2, 0) is 7.05 Å². The van der Waals surface area contributed by atoms with E-state index in [2.05, 4.69) is 51.5 Å². The number of benzene rings is 2. The van der Waals surface area contributed by atoms with E-state index in [1.165, 1.54) is 10.8 Å². The monoisotopic (exact) mass is 336 g/mol. The third kappa shape index (κ3) is 2.19. The molecular formula is C22H16N4. The molecule has 0 N–H and O–H groups in total. The number of hydrogen-bond acceptors (Lipinski definition) is 3. The van der Waals surface area contributed by atoms with Gasteiger partial charge in [0.2, 0.25) is 0 Å². The molecule has 5 rings (SSSR count). The summed E-state index contributed by atoms with van der Waals surface area (Å²) in [4.78, 5) is 8.89. The van der Waals surface area contributed by atoms with Crippen molar-refractivity contribution in [2.24, 2.45) is 7.05 Å². The minimum absolute atomic E-state index is 1.05. The molecule has 0 atom stereocenters. The fourth-order valence-electron chi connectivity index (χ4n) is 3.59. The van der Waals surface area contributed by atoms with Gasteiger partial charge in [-0.05, 0) is 10.8 Å². The van der Waals surface area contributed by atoms with Crippen LogP contribution in [0.5, 0.6) is 0 Å². The van der Waals surface area contributed by atoms with Crippen LogP contribution in [0.15, 0.2) is 79.5 Å². The number of aryl methyl sites for hydroxylation is 1. The largest absolute Gasteiger partial charge is 0.267 e. The smallest absolute Gasteiger partial charge is 0.0779 e.